The van der Waals surface area contributed by atoms with E-state index in [2.05, 4.69) is 36.2 Å². The summed E-state index contributed by atoms with van der Waals surface area (Å²) in [4.78, 5) is 83.5. The number of carboxylic acids is 1. The number of rotatable bonds is 16. The third kappa shape index (κ3) is 15.2. The maximum Gasteiger partial charge on any atom is 0.414 e. The van der Waals surface area contributed by atoms with Crippen molar-refractivity contribution >= 4 is 83.7 Å². The molecule has 21 nitrogen and oxygen atoms in total. The number of carbonyl (C=O) groups is 6. The summed E-state index contributed by atoms with van der Waals surface area (Å²) < 4.78 is 40.4. The molecule has 4 aromatic rings. The molecule has 2 fully saturated rings. The maximum absolute atomic E-state index is 15.0. The van der Waals surface area contributed by atoms with Gasteiger partial charge in [0.05, 0.1) is 50.6 Å². The number of hydrogen-bond acceptors (Lipinski definition) is 17. The van der Waals surface area contributed by atoms with Crippen LogP contribution in [0.25, 0.3) is 22.3 Å². The van der Waals surface area contributed by atoms with E-state index in [1.807, 2.05) is 15.9 Å². The highest BCUT2D eigenvalue weighted by Crippen LogP contribution is 2.32. The van der Waals surface area contributed by atoms with E-state index in [-0.39, 0.29) is 55.6 Å². The number of ether oxygens (including phenoxy) is 2. The van der Waals surface area contributed by atoms with E-state index in [0.717, 1.165) is 18.9 Å². The van der Waals surface area contributed by atoms with E-state index in [1.54, 1.807) is 81.6 Å². The Hall–Kier alpha value is -7.63. The molecule has 4 N–H and O–H groups in total. The Morgan fingerprint density at radius 2 is 1.21 bits per heavy atom. The third-order valence-corrected chi connectivity index (χ3v) is 11.2. The molecule has 6 heterocycles. The van der Waals surface area contributed by atoms with Crippen molar-refractivity contribution in [3.05, 3.63) is 84.7 Å². The van der Waals surface area contributed by atoms with Crippen molar-refractivity contribution in [2.24, 2.45) is 10.2 Å². The molecule has 0 saturated carbocycles. The smallest absolute Gasteiger partial charge is 0.414 e. The van der Waals surface area contributed by atoms with Crippen molar-refractivity contribution in [3.63, 3.8) is 0 Å². The number of benzene rings is 2. The van der Waals surface area contributed by atoms with Crippen molar-refractivity contribution in [2.75, 3.05) is 86.1 Å². The van der Waals surface area contributed by atoms with Crippen molar-refractivity contribution in [2.45, 2.75) is 51.7 Å². The van der Waals surface area contributed by atoms with Gasteiger partial charge in [0, 0.05) is 60.6 Å². The molecule has 0 aliphatic carbocycles. The summed E-state index contributed by atoms with van der Waals surface area (Å²) in [6.07, 6.45) is 6.16. The Balaban J connectivity index is 0.000000239. The first-order valence-electron chi connectivity index (χ1n) is 22.8. The van der Waals surface area contributed by atoms with Crippen LogP contribution < -0.4 is 35.7 Å². The van der Waals surface area contributed by atoms with Crippen molar-refractivity contribution in [3.8, 4) is 22.3 Å². The molecule has 0 radical (unpaired) electrons. The van der Waals surface area contributed by atoms with Gasteiger partial charge in [-0.2, -0.15) is 10.2 Å². The number of aromatic nitrogens is 2. The fraction of sp³-hybridized carbons (Fsp3) is 0.375. The van der Waals surface area contributed by atoms with Crippen LogP contribution in [0.1, 0.15) is 39.5 Å². The van der Waals surface area contributed by atoms with Gasteiger partial charge in [-0.05, 0) is 101 Å². The zero-order valence-electron chi connectivity index (χ0n) is 40.1. The number of likely N-dealkylation sites (N-methyl/N-ethyl adjacent to an activating group) is 2. The number of aliphatic carboxylic acids is 1. The van der Waals surface area contributed by atoms with Gasteiger partial charge >= 0.3 is 18.2 Å². The molecular weight excluding hydrogens is 962 g/mol. The molecule has 3 amide bonds. The SMILES string of the molecule is CC(=O)CC[C@H]1CN(c2ccc(-c3ccc(N4C=NNCC4)nc3)c(F)c2)C(=O)O1.CNCC(=O)N1CCN(c2ccc(-c3ccc(N4C[C@H](CCC(C)=O)OC4=O)cc3F)cn2)C=N1.CNCC(=O)O.Cl. The summed E-state index contributed by atoms with van der Waals surface area (Å²) in [5.41, 5.74) is 5.66. The fourth-order valence-corrected chi connectivity index (χ4v) is 7.51. The predicted molar refractivity (Wildman–Crippen MR) is 268 cm³/mol. The Bertz CT molecular complexity index is 2610. The monoisotopic (exact) mass is 1020 g/mol. The van der Waals surface area contributed by atoms with Crippen LogP contribution in [-0.4, -0.2) is 147 Å². The number of cyclic esters (lactones) is 2. The summed E-state index contributed by atoms with van der Waals surface area (Å²) in [6, 6.07) is 16.3. The minimum atomic E-state index is -0.822. The minimum absolute atomic E-state index is 0. The molecule has 72 heavy (non-hydrogen) atoms. The summed E-state index contributed by atoms with van der Waals surface area (Å²) >= 11 is 0. The second-order valence-corrected chi connectivity index (χ2v) is 16.6. The molecule has 2 atom stereocenters. The second kappa shape index (κ2) is 26.5. The lowest BCUT2D eigenvalue weighted by Gasteiger charge is -2.28. The summed E-state index contributed by atoms with van der Waals surface area (Å²) in [5, 5.41) is 22.7. The zero-order chi connectivity index (χ0) is 51.0. The van der Waals surface area contributed by atoms with Gasteiger partial charge in [0.15, 0.2) is 0 Å². The molecule has 384 valence electrons. The van der Waals surface area contributed by atoms with Crippen LogP contribution >= 0.6 is 12.4 Å². The van der Waals surface area contributed by atoms with E-state index in [1.165, 1.54) is 40.8 Å². The number of carbonyl (C=O) groups excluding carboxylic acids is 5. The number of hydrazone groups is 2. The first-order valence-corrected chi connectivity index (χ1v) is 22.8. The minimum Gasteiger partial charge on any atom is -0.480 e. The number of carboxylic acid groups (broad SMARTS) is 1. The first-order chi connectivity index (χ1) is 34.1. The Labute approximate surface area is 420 Å². The third-order valence-electron chi connectivity index (χ3n) is 11.2. The topological polar surface area (TPSA) is 244 Å². The normalized spacial score (nSPS) is 16.9. The maximum atomic E-state index is 15.0. The molecule has 0 bridgehead atoms. The number of ketones is 2. The van der Waals surface area contributed by atoms with E-state index < -0.39 is 35.9 Å². The van der Waals surface area contributed by atoms with Gasteiger partial charge in [-0.1, -0.05) is 0 Å². The standard InChI is InChI=1S/C24H27FN6O4.C21H22FN5O3.C3H7NO2.ClH/c1-16(32)3-6-19-14-30(24(34)35-19)18-5-7-20(21(25)11-18)17-4-8-22(27-12-17)29-9-10-31(28-15-29)23(33)13-26-2;1-14(28)2-5-17-12-27(21(29)30-17)16-4-6-18(19(22)10-16)15-3-7-20(23-11-15)26-9-8-24-25-13-26;1-4-2-3(5)6;/h4-5,7-8,11-12,15,19,26H,3,6,9-10,13-14H2,1-2H3;3-4,6-7,10-11,13,17,24H,2,5,8-9,12H2,1H3;4H,2H2,1H3,(H,5,6);1H/t19-;17-;;/m00../s1. The fourth-order valence-electron chi connectivity index (χ4n) is 7.51. The van der Waals surface area contributed by atoms with Crippen LogP contribution in [0.2, 0.25) is 0 Å². The van der Waals surface area contributed by atoms with E-state index in [4.69, 9.17) is 14.6 Å². The van der Waals surface area contributed by atoms with Gasteiger partial charge in [-0.25, -0.2) is 33.3 Å². The summed E-state index contributed by atoms with van der Waals surface area (Å²) in [7, 11) is 3.29. The molecule has 8 rings (SSSR count). The Morgan fingerprint density at radius 3 is 1.57 bits per heavy atom. The highest BCUT2D eigenvalue weighted by molar-refractivity contribution is 5.91. The van der Waals surface area contributed by atoms with Crippen LogP contribution in [-0.2, 0) is 28.7 Å². The molecule has 2 aromatic carbocycles. The molecule has 2 aromatic heterocycles. The Morgan fingerprint density at radius 1 is 0.708 bits per heavy atom. The molecule has 4 aliphatic rings. The van der Waals surface area contributed by atoms with Crippen molar-refractivity contribution in [1.82, 2.24) is 31.0 Å². The quantitative estimate of drug-likeness (QED) is 0.115. The number of amides is 3. The van der Waals surface area contributed by atoms with Gasteiger partial charge < -0.3 is 50.0 Å². The van der Waals surface area contributed by atoms with Crippen molar-refractivity contribution < 1.29 is 52.1 Å². The van der Waals surface area contributed by atoms with Crippen LogP contribution in [0.3, 0.4) is 0 Å². The number of nitrogens with one attached hydrogen (secondary N) is 3. The van der Waals surface area contributed by atoms with Gasteiger partial charge in [0.25, 0.3) is 5.91 Å². The average Bonchev–Trinajstić information content (AvgIpc) is 3.94. The van der Waals surface area contributed by atoms with E-state index in [0.29, 0.717) is 84.8 Å². The molecular formula is C48H57ClF2N12O9. The number of nitrogens with zero attached hydrogens (tertiary/aromatic N) is 9. The zero-order valence-corrected chi connectivity index (χ0v) is 40.9. The van der Waals surface area contributed by atoms with Crippen LogP contribution in [0, 0.1) is 11.6 Å². The number of hydrogen-bond donors (Lipinski definition) is 4. The lowest BCUT2D eigenvalue weighted by Crippen LogP contribution is -2.43. The van der Waals surface area contributed by atoms with Gasteiger partial charge in [-0.15, -0.1) is 12.4 Å². The second-order valence-electron chi connectivity index (χ2n) is 16.6. The van der Waals surface area contributed by atoms with Crippen LogP contribution in [0.15, 0.2) is 83.3 Å². The van der Waals surface area contributed by atoms with Crippen LogP contribution in [0.4, 0.5) is 41.4 Å². The molecule has 24 heteroatoms. The summed E-state index contributed by atoms with van der Waals surface area (Å²) in [5.74, 6) is -0.436. The molecule has 0 spiro atoms. The number of anilines is 4. The average molecular weight is 1020 g/mol. The molecule has 2 saturated heterocycles. The van der Waals surface area contributed by atoms with E-state index >= 15 is 0 Å². The number of Topliss-reactive ketones (excluding diaryl/α,β-unsaturated/α-hetero) is 2. The summed E-state index contributed by atoms with van der Waals surface area (Å²) in [6.45, 7) is 6.27. The van der Waals surface area contributed by atoms with Gasteiger partial charge in [-0.3, -0.25) is 19.4 Å². The lowest BCUT2D eigenvalue weighted by atomic mass is 10.1. The highest BCUT2D eigenvalue weighted by atomic mass is 35.5. The molecule has 4 aliphatic heterocycles. The lowest BCUT2D eigenvalue weighted by molar-refractivity contribution is -0.136. The van der Waals surface area contributed by atoms with Crippen molar-refractivity contribution in [1.29, 1.82) is 0 Å². The van der Waals surface area contributed by atoms with Crippen LogP contribution in [0.5, 0.6) is 0 Å². The van der Waals surface area contributed by atoms with Gasteiger partial charge in [0.2, 0.25) is 0 Å². The largest absolute Gasteiger partial charge is 0.480 e. The first kappa shape index (κ1) is 55.3. The molecule has 0 unspecified atom stereocenters. The van der Waals surface area contributed by atoms with E-state index in [9.17, 15) is 37.5 Å². The number of halogens is 3. The predicted octanol–water partition coefficient (Wildman–Crippen LogP) is 5.04. The highest BCUT2D eigenvalue weighted by Gasteiger charge is 2.34. The Kier molecular flexibility index (Phi) is 20.4. The van der Waals surface area contributed by atoms with Gasteiger partial charge in [0.1, 0.15) is 59.7 Å². The number of pyridine rings is 2.